The Kier molecular flexibility index (Phi) is 5.46. The highest BCUT2D eigenvalue weighted by atomic mass is 19.1. The van der Waals surface area contributed by atoms with Crippen LogP contribution < -0.4 is 11.3 Å². The summed E-state index contributed by atoms with van der Waals surface area (Å²) in [6.45, 7) is -0.445. The number of fused-ring (bicyclic) bond motifs is 2. The molecular weight excluding hydrogens is 514 g/mol. The van der Waals surface area contributed by atoms with Gasteiger partial charge in [-0.25, -0.2) is 14.4 Å². The van der Waals surface area contributed by atoms with Gasteiger partial charge in [0.25, 0.3) is 5.56 Å². The van der Waals surface area contributed by atoms with E-state index in [-0.39, 0.29) is 16.9 Å². The minimum Gasteiger partial charge on any atom is -0.392 e. The molecule has 0 atom stereocenters. The molecule has 6 aromatic rings. The van der Waals surface area contributed by atoms with Gasteiger partial charge in [-0.05, 0) is 66.1 Å². The molecule has 0 bridgehead atoms. The molecule has 0 spiro atoms. The fourth-order valence-corrected chi connectivity index (χ4v) is 5.34. The number of hydrogen-bond donors (Lipinski definition) is 3. The highest BCUT2D eigenvalue weighted by Crippen LogP contribution is 2.41. The van der Waals surface area contributed by atoms with Crippen LogP contribution in [0.15, 0.2) is 71.8 Å². The van der Waals surface area contributed by atoms with Crippen LogP contribution >= 0.6 is 0 Å². The molecule has 10 heteroatoms. The quantitative estimate of drug-likeness (QED) is 0.260. The summed E-state index contributed by atoms with van der Waals surface area (Å²) in [5, 5.41) is 11.6. The lowest BCUT2D eigenvalue weighted by Crippen LogP contribution is -2.20. The first-order valence-electron chi connectivity index (χ1n) is 12.8. The Morgan fingerprint density at radius 2 is 1.88 bits per heavy atom. The molecule has 4 aromatic heterocycles. The van der Waals surface area contributed by atoms with Gasteiger partial charge >= 0.3 is 0 Å². The average Bonchev–Trinajstić information content (AvgIpc) is 3.72. The van der Waals surface area contributed by atoms with Gasteiger partial charge in [0.05, 0.1) is 34.6 Å². The number of aliphatic hydroxyl groups is 1. The van der Waals surface area contributed by atoms with Gasteiger partial charge < -0.3 is 15.8 Å². The number of H-pyrrole nitrogens is 1. The zero-order valence-electron chi connectivity index (χ0n) is 21.0. The number of nitrogens with one attached hydrogen (secondary N) is 1. The molecule has 0 saturated heterocycles. The average molecular weight is 537 g/mol. The summed E-state index contributed by atoms with van der Waals surface area (Å²) in [6, 6.07) is 15.1. The maximum atomic E-state index is 15.2. The number of rotatable bonds is 5. The van der Waals surface area contributed by atoms with Crippen LogP contribution in [0.1, 0.15) is 29.9 Å². The Morgan fingerprint density at radius 3 is 2.65 bits per heavy atom. The number of nitrogens with two attached hydrogens (primary N) is 1. The molecule has 4 heterocycles. The van der Waals surface area contributed by atoms with Crippen LogP contribution in [0.5, 0.6) is 0 Å². The normalized spacial score (nSPS) is 13.4. The molecule has 0 aliphatic heterocycles. The maximum Gasteiger partial charge on any atom is 0.265 e. The van der Waals surface area contributed by atoms with E-state index < -0.39 is 23.9 Å². The van der Waals surface area contributed by atoms with E-state index in [1.165, 1.54) is 16.8 Å². The Morgan fingerprint density at radius 1 is 1.05 bits per heavy atom. The molecule has 0 unspecified atom stereocenters. The summed E-state index contributed by atoms with van der Waals surface area (Å²) in [5.74, 6) is -0.900. The highest BCUT2D eigenvalue weighted by molar-refractivity contribution is 5.96. The van der Waals surface area contributed by atoms with Crippen molar-refractivity contribution in [2.24, 2.45) is 0 Å². The lowest BCUT2D eigenvalue weighted by atomic mass is 10.00. The number of aromatic nitrogens is 5. The second kappa shape index (κ2) is 9.06. The minimum absolute atomic E-state index is 0.0105. The molecule has 1 fully saturated rings. The third-order valence-corrected chi connectivity index (χ3v) is 7.41. The van der Waals surface area contributed by atoms with Crippen LogP contribution in [-0.4, -0.2) is 29.6 Å². The van der Waals surface area contributed by atoms with Gasteiger partial charge in [0.15, 0.2) is 0 Å². The van der Waals surface area contributed by atoms with Crippen molar-refractivity contribution in [2.75, 3.05) is 5.73 Å². The molecule has 0 radical (unpaired) electrons. The van der Waals surface area contributed by atoms with Crippen LogP contribution in [0.25, 0.3) is 50.0 Å². The number of pyridine rings is 2. The number of nitrogen functional groups attached to an aromatic ring is 1. The highest BCUT2D eigenvalue weighted by Gasteiger charge is 2.25. The van der Waals surface area contributed by atoms with Crippen molar-refractivity contribution in [3.63, 3.8) is 0 Å². The van der Waals surface area contributed by atoms with Gasteiger partial charge in [0.1, 0.15) is 11.5 Å². The lowest BCUT2D eigenvalue weighted by molar-refractivity contribution is 0.282. The van der Waals surface area contributed by atoms with Crippen molar-refractivity contribution in [3.8, 4) is 28.2 Å². The smallest absolute Gasteiger partial charge is 0.265 e. The summed E-state index contributed by atoms with van der Waals surface area (Å²) >= 11 is 0. The summed E-state index contributed by atoms with van der Waals surface area (Å²) in [4.78, 5) is 29.1. The number of nitrogens with zero attached hydrogens (tertiary/aromatic N) is 4. The van der Waals surface area contributed by atoms with E-state index in [1.807, 2.05) is 6.07 Å². The molecule has 1 saturated carbocycles. The summed E-state index contributed by atoms with van der Waals surface area (Å²) in [6.07, 6.45) is 4.99. The predicted molar refractivity (Wildman–Crippen MR) is 148 cm³/mol. The van der Waals surface area contributed by atoms with Gasteiger partial charge in [0, 0.05) is 28.9 Å². The van der Waals surface area contributed by atoms with E-state index in [4.69, 9.17) is 5.73 Å². The number of anilines is 1. The van der Waals surface area contributed by atoms with Crippen LogP contribution in [0.4, 0.5) is 14.7 Å². The van der Waals surface area contributed by atoms with Crippen molar-refractivity contribution in [1.82, 2.24) is 24.5 Å². The van der Waals surface area contributed by atoms with Crippen molar-refractivity contribution < 1.29 is 13.9 Å². The van der Waals surface area contributed by atoms with Crippen LogP contribution in [0, 0.1) is 11.8 Å². The van der Waals surface area contributed by atoms with Crippen LogP contribution in [0.3, 0.4) is 0 Å². The first-order valence-corrected chi connectivity index (χ1v) is 12.8. The molecule has 0 amide bonds. The maximum absolute atomic E-state index is 15.2. The first-order chi connectivity index (χ1) is 19.4. The molecule has 8 nitrogen and oxygen atoms in total. The monoisotopic (exact) mass is 536 g/mol. The number of aliphatic hydroxyl groups excluding tert-OH is 1. The molecule has 198 valence electrons. The van der Waals surface area contributed by atoms with Crippen molar-refractivity contribution in [3.05, 3.63) is 100 Å². The summed E-state index contributed by atoms with van der Waals surface area (Å²) in [7, 11) is 0. The Hall–Kier alpha value is -4.96. The fraction of sp³-hybridized carbons (Fsp3) is 0.133. The zero-order valence-corrected chi connectivity index (χ0v) is 21.0. The van der Waals surface area contributed by atoms with Gasteiger partial charge in [-0.3, -0.25) is 9.36 Å². The van der Waals surface area contributed by atoms with Gasteiger partial charge in [-0.1, -0.05) is 18.2 Å². The molecule has 1 aliphatic carbocycles. The van der Waals surface area contributed by atoms with Gasteiger partial charge in [-0.2, -0.15) is 9.37 Å². The minimum atomic E-state index is -0.651. The molecule has 4 N–H and O–H groups in total. The summed E-state index contributed by atoms with van der Waals surface area (Å²) in [5.41, 5.74) is 9.08. The fourth-order valence-electron chi connectivity index (χ4n) is 5.34. The molecular formula is C30H22F2N6O2. The van der Waals surface area contributed by atoms with E-state index in [0.29, 0.717) is 50.5 Å². The van der Waals surface area contributed by atoms with Crippen molar-refractivity contribution in [1.29, 1.82) is 0 Å². The molecule has 40 heavy (non-hydrogen) atoms. The van der Waals surface area contributed by atoms with Gasteiger partial charge in [0.2, 0.25) is 11.9 Å². The Bertz CT molecular complexity index is 2030. The standard InChI is InChI=1S/C30H22F2N6O2/c31-22-12-17(15-6-7-15)11-16-8-10-38(29(40)25(16)22)24-5-1-3-18(21(24)14-39)26-20-13-23(19-4-2-9-34-27(19)32)35-28(20)37-30(33)36-26/h1-5,8-13,15,39H,6-7,14H2,(H3,33,35,36,37). The number of aromatic amines is 1. The SMILES string of the molecule is Nc1nc(-c2cccc(-n3ccc4cc(C5CC5)cc(F)c4c3=O)c2CO)c2cc(-c3cccnc3F)[nH]c2n1. The largest absolute Gasteiger partial charge is 0.392 e. The van der Waals surface area contributed by atoms with Crippen LogP contribution in [0.2, 0.25) is 0 Å². The van der Waals surface area contributed by atoms with E-state index in [1.54, 1.807) is 48.7 Å². The van der Waals surface area contributed by atoms with Crippen molar-refractivity contribution >= 4 is 27.8 Å². The predicted octanol–water partition coefficient (Wildman–Crippen LogP) is 5.22. The van der Waals surface area contributed by atoms with E-state index in [2.05, 4.69) is 19.9 Å². The molecule has 1 aliphatic rings. The Balaban J connectivity index is 1.42. The number of benzene rings is 2. The molecule has 7 rings (SSSR count). The van der Waals surface area contributed by atoms with E-state index >= 15 is 4.39 Å². The van der Waals surface area contributed by atoms with E-state index in [0.717, 1.165) is 18.4 Å². The second-order valence-corrected chi connectivity index (χ2v) is 9.91. The van der Waals surface area contributed by atoms with Crippen molar-refractivity contribution in [2.45, 2.75) is 25.4 Å². The third kappa shape index (κ3) is 3.84. The topological polar surface area (TPSA) is 123 Å². The Labute approximate surface area is 225 Å². The summed E-state index contributed by atoms with van der Waals surface area (Å²) < 4.78 is 30.9. The van der Waals surface area contributed by atoms with E-state index in [9.17, 15) is 14.3 Å². The second-order valence-electron chi connectivity index (χ2n) is 9.91. The lowest BCUT2D eigenvalue weighted by Gasteiger charge is -2.16. The third-order valence-electron chi connectivity index (χ3n) is 7.41. The number of halogens is 2. The number of hydrogen-bond acceptors (Lipinski definition) is 6. The van der Waals surface area contributed by atoms with Crippen LogP contribution in [-0.2, 0) is 6.61 Å². The first kappa shape index (κ1) is 24.1. The van der Waals surface area contributed by atoms with Gasteiger partial charge in [-0.15, -0.1) is 0 Å². The molecule has 2 aromatic carbocycles. The zero-order chi connectivity index (χ0) is 27.5.